The fourth-order valence-electron chi connectivity index (χ4n) is 1.68. The first-order valence-electron chi connectivity index (χ1n) is 5.35. The Morgan fingerprint density at radius 1 is 1.33 bits per heavy atom. The number of hydrogen-bond acceptors (Lipinski definition) is 2. The quantitative estimate of drug-likeness (QED) is 0.714. The Bertz CT molecular complexity index is 450. The first-order chi connectivity index (χ1) is 7.31. The number of aromatic nitrogens is 1. The van der Waals surface area contributed by atoms with Crippen molar-refractivity contribution in [3.8, 4) is 0 Å². The lowest BCUT2D eigenvalue weighted by Gasteiger charge is -1.95. The predicted octanol–water partition coefficient (Wildman–Crippen LogP) is 3.70. The van der Waals surface area contributed by atoms with Crippen LogP contribution in [0.25, 0.3) is 11.0 Å². The molecule has 80 valence electrons. The Labute approximate surface area is 88.1 Å². The summed E-state index contributed by atoms with van der Waals surface area (Å²) in [5.74, 6) is -0.234. The van der Waals surface area contributed by atoms with E-state index in [9.17, 15) is 4.39 Å². The highest BCUT2D eigenvalue weighted by Gasteiger charge is 2.08. The maximum Gasteiger partial charge on any atom is 0.167 e. The van der Waals surface area contributed by atoms with Gasteiger partial charge in [0.1, 0.15) is 5.82 Å². The predicted molar refractivity (Wildman–Crippen MR) is 57.2 cm³/mol. The Morgan fingerprint density at radius 2 is 2.20 bits per heavy atom. The second kappa shape index (κ2) is 4.43. The van der Waals surface area contributed by atoms with Gasteiger partial charge in [0.05, 0.1) is 5.69 Å². The summed E-state index contributed by atoms with van der Waals surface area (Å²) in [4.78, 5) is 0. The molecule has 0 aliphatic heterocycles. The number of halogens is 1. The zero-order chi connectivity index (χ0) is 10.7. The summed E-state index contributed by atoms with van der Waals surface area (Å²) >= 11 is 0. The van der Waals surface area contributed by atoms with Crippen molar-refractivity contribution in [1.29, 1.82) is 0 Å². The minimum absolute atomic E-state index is 0.234. The SMILES string of the molecule is CCCCCc1noc2ccc(F)cc12. The molecule has 0 atom stereocenters. The summed E-state index contributed by atoms with van der Waals surface area (Å²) in [7, 11) is 0. The van der Waals surface area contributed by atoms with Crippen LogP contribution in [0.15, 0.2) is 22.7 Å². The minimum Gasteiger partial charge on any atom is -0.356 e. The summed E-state index contributed by atoms with van der Waals surface area (Å²) < 4.78 is 18.1. The van der Waals surface area contributed by atoms with E-state index in [0.717, 1.165) is 23.9 Å². The first kappa shape index (κ1) is 10.1. The third kappa shape index (κ3) is 2.17. The third-order valence-electron chi connectivity index (χ3n) is 2.52. The van der Waals surface area contributed by atoms with E-state index in [-0.39, 0.29) is 5.82 Å². The average Bonchev–Trinajstić information content (AvgIpc) is 2.62. The van der Waals surface area contributed by atoms with Crippen LogP contribution in [0.3, 0.4) is 0 Å². The van der Waals surface area contributed by atoms with Gasteiger partial charge in [0.15, 0.2) is 5.58 Å². The van der Waals surface area contributed by atoms with Crippen molar-refractivity contribution < 1.29 is 8.91 Å². The maximum absolute atomic E-state index is 13.0. The highest BCUT2D eigenvalue weighted by atomic mass is 19.1. The zero-order valence-corrected chi connectivity index (χ0v) is 8.79. The fraction of sp³-hybridized carbons (Fsp3) is 0.417. The highest BCUT2D eigenvalue weighted by molar-refractivity contribution is 5.79. The van der Waals surface area contributed by atoms with Gasteiger partial charge >= 0.3 is 0 Å². The molecule has 1 aromatic carbocycles. The number of rotatable bonds is 4. The number of nitrogens with zero attached hydrogens (tertiary/aromatic N) is 1. The molecule has 2 rings (SSSR count). The smallest absolute Gasteiger partial charge is 0.167 e. The number of aryl methyl sites for hydroxylation is 1. The Hall–Kier alpha value is -1.38. The van der Waals surface area contributed by atoms with Gasteiger partial charge in [-0.1, -0.05) is 24.9 Å². The molecule has 0 aliphatic carbocycles. The molecule has 2 nitrogen and oxygen atoms in total. The summed E-state index contributed by atoms with van der Waals surface area (Å²) in [6.45, 7) is 2.15. The van der Waals surface area contributed by atoms with Crippen LogP contribution in [0.4, 0.5) is 4.39 Å². The molecule has 2 aromatic rings. The molecule has 0 radical (unpaired) electrons. The zero-order valence-electron chi connectivity index (χ0n) is 8.79. The van der Waals surface area contributed by atoms with E-state index in [0.29, 0.717) is 5.58 Å². The summed E-state index contributed by atoms with van der Waals surface area (Å²) in [6, 6.07) is 4.51. The van der Waals surface area contributed by atoms with E-state index in [1.165, 1.54) is 25.0 Å². The molecule has 0 saturated heterocycles. The lowest BCUT2D eigenvalue weighted by Crippen LogP contribution is -1.86. The van der Waals surface area contributed by atoms with Crippen molar-refractivity contribution in [2.45, 2.75) is 32.6 Å². The van der Waals surface area contributed by atoms with Gasteiger partial charge in [-0.2, -0.15) is 0 Å². The summed E-state index contributed by atoms with van der Waals surface area (Å²) in [5, 5.41) is 4.78. The van der Waals surface area contributed by atoms with E-state index in [2.05, 4.69) is 12.1 Å². The molecular formula is C12H14FNO. The van der Waals surface area contributed by atoms with Gasteiger partial charge in [-0.15, -0.1) is 0 Å². The Balaban J connectivity index is 2.23. The van der Waals surface area contributed by atoms with Crippen molar-refractivity contribution in [2.75, 3.05) is 0 Å². The molecule has 3 heteroatoms. The third-order valence-corrected chi connectivity index (χ3v) is 2.52. The maximum atomic E-state index is 13.0. The van der Waals surface area contributed by atoms with Gasteiger partial charge in [-0.3, -0.25) is 0 Å². The average molecular weight is 207 g/mol. The van der Waals surface area contributed by atoms with Crippen molar-refractivity contribution >= 4 is 11.0 Å². The molecular weight excluding hydrogens is 193 g/mol. The van der Waals surface area contributed by atoms with Crippen LogP contribution in [0, 0.1) is 5.82 Å². The van der Waals surface area contributed by atoms with Crippen LogP contribution in [0.5, 0.6) is 0 Å². The first-order valence-corrected chi connectivity index (χ1v) is 5.35. The topological polar surface area (TPSA) is 26.0 Å². The molecule has 0 amide bonds. The van der Waals surface area contributed by atoms with E-state index < -0.39 is 0 Å². The second-order valence-electron chi connectivity index (χ2n) is 3.73. The van der Waals surface area contributed by atoms with Gasteiger partial charge in [0, 0.05) is 5.39 Å². The molecule has 0 fully saturated rings. The summed E-state index contributed by atoms with van der Waals surface area (Å²) in [5.41, 5.74) is 1.54. The molecule has 0 spiro atoms. The van der Waals surface area contributed by atoms with Crippen LogP contribution in [-0.4, -0.2) is 5.16 Å². The van der Waals surface area contributed by atoms with Crippen LogP contribution >= 0.6 is 0 Å². The Kier molecular flexibility index (Phi) is 2.99. The lowest BCUT2D eigenvalue weighted by molar-refractivity contribution is 0.444. The Morgan fingerprint density at radius 3 is 3.00 bits per heavy atom. The van der Waals surface area contributed by atoms with E-state index in [4.69, 9.17) is 4.52 Å². The van der Waals surface area contributed by atoms with Crippen molar-refractivity contribution in [2.24, 2.45) is 0 Å². The van der Waals surface area contributed by atoms with Crippen LogP contribution in [-0.2, 0) is 6.42 Å². The molecule has 0 aliphatic rings. The lowest BCUT2D eigenvalue weighted by atomic mass is 10.1. The van der Waals surface area contributed by atoms with Crippen LogP contribution < -0.4 is 0 Å². The monoisotopic (exact) mass is 207 g/mol. The molecule has 1 aromatic heterocycles. The number of unbranched alkanes of at least 4 members (excludes halogenated alkanes) is 2. The van der Waals surface area contributed by atoms with Crippen molar-refractivity contribution in [1.82, 2.24) is 5.16 Å². The molecule has 0 bridgehead atoms. The number of hydrogen-bond donors (Lipinski definition) is 0. The van der Waals surface area contributed by atoms with Crippen LogP contribution in [0.1, 0.15) is 31.9 Å². The minimum atomic E-state index is -0.234. The van der Waals surface area contributed by atoms with Gasteiger partial charge in [-0.05, 0) is 31.0 Å². The molecule has 1 heterocycles. The second-order valence-corrected chi connectivity index (χ2v) is 3.73. The van der Waals surface area contributed by atoms with Gasteiger partial charge in [0.25, 0.3) is 0 Å². The number of benzene rings is 1. The van der Waals surface area contributed by atoms with Gasteiger partial charge in [-0.25, -0.2) is 4.39 Å². The largest absolute Gasteiger partial charge is 0.356 e. The van der Waals surface area contributed by atoms with Gasteiger partial charge < -0.3 is 4.52 Å². The van der Waals surface area contributed by atoms with Gasteiger partial charge in [0.2, 0.25) is 0 Å². The fourth-order valence-corrected chi connectivity index (χ4v) is 1.68. The number of fused-ring (bicyclic) bond motifs is 1. The van der Waals surface area contributed by atoms with Crippen molar-refractivity contribution in [3.05, 3.63) is 29.7 Å². The standard InChI is InChI=1S/C12H14FNO/c1-2-3-4-5-11-10-8-9(13)6-7-12(10)15-14-11/h6-8H,2-5H2,1H3. The molecule has 15 heavy (non-hydrogen) atoms. The normalized spacial score (nSPS) is 11.1. The van der Waals surface area contributed by atoms with Crippen molar-refractivity contribution in [3.63, 3.8) is 0 Å². The van der Waals surface area contributed by atoms with E-state index in [1.54, 1.807) is 6.07 Å². The summed E-state index contributed by atoms with van der Waals surface area (Å²) in [6.07, 6.45) is 4.28. The molecule has 0 N–H and O–H groups in total. The van der Waals surface area contributed by atoms with Crippen LogP contribution in [0.2, 0.25) is 0 Å². The molecule has 0 saturated carbocycles. The highest BCUT2D eigenvalue weighted by Crippen LogP contribution is 2.21. The molecule has 0 unspecified atom stereocenters. The van der Waals surface area contributed by atoms with E-state index in [1.807, 2.05) is 0 Å². The van der Waals surface area contributed by atoms with E-state index >= 15 is 0 Å².